The van der Waals surface area contributed by atoms with Crippen molar-refractivity contribution >= 4 is 29.4 Å². The van der Waals surface area contributed by atoms with E-state index in [9.17, 15) is 4.79 Å². The molecule has 1 aromatic rings. The maximum absolute atomic E-state index is 11.9. The Morgan fingerprint density at radius 2 is 2.14 bits per heavy atom. The molecule has 1 amide bonds. The third-order valence-corrected chi connectivity index (χ3v) is 5.12. The second-order valence-corrected chi connectivity index (χ2v) is 7.13. The lowest BCUT2D eigenvalue weighted by Crippen LogP contribution is -2.37. The number of carbonyl (C=O) groups excluding carboxylic acids is 1. The van der Waals surface area contributed by atoms with Crippen molar-refractivity contribution < 1.29 is 4.79 Å². The number of nitrogens with zero attached hydrogens (tertiary/aromatic N) is 3. The van der Waals surface area contributed by atoms with Crippen molar-refractivity contribution in [2.24, 2.45) is 0 Å². The Balaban J connectivity index is 1.76. The van der Waals surface area contributed by atoms with Gasteiger partial charge < -0.3 is 11.2 Å². The van der Waals surface area contributed by atoms with Crippen LogP contribution in [0.4, 0.5) is 0 Å². The normalized spacial score (nSPS) is 16.0. The number of aryl methyl sites for hydroxylation is 1. The Bertz CT molecular complexity index is 459. The number of nitrogens with one attached hydrogen (secondary N) is 1. The van der Waals surface area contributed by atoms with Crippen molar-refractivity contribution in [2.45, 2.75) is 49.7 Å². The molecule has 0 saturated heterocycles. The van der Waals surface area contributed by atoms with Crippen molar-refractivity contribution in [2.75, 3.05) is 23.6 Å². The molecule has 118 valence electrons. The highest BCUT2D eigenvalue weighted by Gasteiger charge is 2.17. The lowest BCUT2D eigenvalue weighted by molar-refractivity contribution is -0.119. The van der Waals surface area contributed by atoms with Gasteiger partial charge in [0.05, 0.1) is 5.75 Å². The average molecular weight is 329 g/mol. The number of thioether (sulfide) groups is 2. The quantitative estimate of drug-likeness (QED) is 0.581. The summed E-state index contributed by atoms with van der Waals surface area (Å²) in [7, 11) is 0. The summed E-state index contributed by atoms with van der Waals surface area (Å²) in [5.41, 5.74) is 0. The van der Waals surface area contributed by atoms with Gasteiger partial charge in [-0.1, -0.05) is 31.0 Å². The Labute approximate surface area is 134 Å². The summed E-state index contributed by atoms with van der Waals surface area (Å²) in [5, 5.41) is 11.8. The van der Waals surface area contributed by atoms with E-state index in [2.05, 4.69) is 15.5 Å². The van der Waals surface area contributed by atoms with Crippen molar-refractivity contribution in [3.63, 3.8) is 0 Å². The zero-order chi connectivity index (χ0) is 15.1. The minimum atomic E-state index is 0.0561. The molecule has 0 atom stereocenters. The molecule has 0 bridgehead atoms. The van der Waals surface area contributed by atoms with E-state index in [-0.39, 0.29) is 5.91 Å². The average Bonchev–Trinajstić information content (AvgIpc) is 2.84. The van der Waals surface area contributed by atoms with Crippen LogP contribution in [0.15, 0.2) is 5.16 Å². The summed E-state index contributed by atoms with van der Waals surface area (Å²) in [4.78, 5) is 11.9. The summed E-state index contributed by atoms with van der Waals surface area (Å²) in [6.45, 7) is 0. The standard InChI is InChI=1S/C13H23N5OS2/c1-20-8-7-11-16-17-13(18(11)14)21-9-12(19)15-10-5-3-2-4-6-10/h10H,2-9,14H2,1H3,(H,15,19). The summed E-state index contributed by atoms with van der Waals surface area (Å²) in [6, 6.07) is 0.347. The molecular formula is C13H23N5OS2. The molecule has 2 rings (SSSR count). The second kappa shape index (κ2) is 8.53. The third kappa shape index (κ3) is 5.10. The van der Waals surface area contributed by atoms with Gasteiger partial charge in [0.2, 0.25) is 11.1 Å². The highest BCUT2D eigenvalue weighted by molar-refractivity contribution is 7.99. The molecule has 0 aromatic carbocycles. The molecule has 21 heavy (non-hydrogen) atoms. The van der Waals surface area contributed by atoms with Crippen LogP contribution in [0, 0.1) is 0 Å². The van der Waals surface area contributed by atoms with Crippen LogP contribution in [0.1, 0.15) is 37.9 Å². The van der Waals surface area contributed by atoms with Crippen LogP contribution >= 0.6 is 23.5 Å². The minimum absolute atomic E-state index is 0.0561. The largest absolute Gasteiger partial charge is 0.353 e. The van der Waals surface area contributed by atoms with Gasteiger partial charge in [0, 0.05) is 18.2 Å². The van der Waals surface area contributed by atoms with E-state index in [0.29, 0.717) is 17.0 Å². The lowest BCUT2D eigenvalue weighted by Gasteiger charge is -2.22. The van der Waals surface area contributed by atoms with Gasteiger partial charge >= 0.3 is 0 Å². The number of rotatable bonds is 7. The maximum atomic E-state index is 11.9. The predicted molar refractivity (Wildman–Crippen MR) is 88.0 cm³/mol. The first-order chi connectivity index (χ1) is 10.2. The molecule has 0 unspecified atom stereocenters. The first-order valence-corrected chi connectivity index (χ1v) is 9.69. The van der Waals surface area contributed by atoms with E-state index >= 15 is 0 Å². The highest BCUT2D eigenvalue weighted by Crippen LogP contribution is 2.18. The van der Waals surface area contributed by atoms with Crippen LogP contribution in [0.25, 0.3) is 0 Å². The van der Waals surface area contributed by atoms with Crippen LogP contribution < -0.4 is 11.2 Å². The zero-order valence-corrected chi connectivity index (χ0v) is 14.0. The summed E-state index contributed by atoms with van der Waals surface area (Å²) in [5.74, 6) is 8.07. The van der Waals surface area contributed by atoms with Crippen LogP contribution in [0.2, 0.25) is 0 Å². The van der Waals surface area contributed by atoms with Crippen LogP contribution in [-0.2, 0) is 11.2 Å². The molecule has 1 aliphatic rings. The molecule has 1 aliphatic carbocycles. The Morgan fingerprint density at radius 1 is 1.38 bits per heavy atom. The van der Waals surface area contributed by atoms with Gasteiger partial charge in [-0.25, -0.2) is 4.68 Å². The monoisotopic (exact) mass is 329 g/mol. The fourth-order valence-corrected chi connectivity index (χ4v) is 3.49. The molecule has 0 spiro atoms. The number of hydrogen-bond donors (Lipinski definition) is 2. The molecule has 3 N–H and O–H groups in total. The molecule has 1 aromatic heterocycles. The summed E-state index contributed by atoms with van der Waals surface area (Å²) < 4.78 is 1.49. The number of nitrogen functional groups attached to an aromatic ring is 1. The fraction of sp³-hybridized carbons (Fsp3) is 0.769. The highest BCUT2D eigenvalue weighted by atomic mass is 32.2. The Morgan fingerprint density at radius 3 is 2.86 bits per heavy atom. The zero-order valence-electron chi connectivity index (χ0n) is 12.4. The van der Waals surface area contributed by atoms with Gasteiger partial charge in [-0.3, -0.25) is 4.79 Å². The number of hydrogen-bond acceptors (Lipinski definition) is 6. The van der Waals surface area contributed by atoms with Gasteiger partial charge in [-0.15, -0.1) is 10.2 Å². The van der Waals surface area contributed by atoms with Crippen LogP contribution in [0.3, 0.4) is 0 Å². The van der Waals surface area contributed by atoms with Gasteiger partial charge in [0.1, 0.15) is 0 Å². The topological polar surface area (TPSA) is 85.8 Å². The maximum Gasteiger partial charge on any atom is 0.230 e. The van der Waals surface area contributed by atoms with Gasteiger partial charge in [-0.05, 0) is 19.1 Å². The molecule has 1 saturated carbocycles. The molecule has 6 nitrogen and oxygen atoms in total. The Kier molecular flexibility index (Phi) is 6.69. The lowest BCUT2D eigenvalue weighted by atomic mass is 9.95. The number of aromatic nitrogens is 3. The van der Waals surface area contributed by atoms with E-state index in [1.165, 1.54) is 35.7 Å². The smallest absolute Gasteiger partial charge is 0.230 e. The van der Waals surface area contributed by atoms with E-state index in [1.54, 1.807) is 11.8 Å². The SMILES string of the molecule is CSCCc1nnc(SCC(=O)NC2CCCCC2)n1N. The molecule has 8 heteroatoms. The number of amides is 1. The van der Waals surface area contributed by atoms with Crippen molar-refractivity contribution in [1.29, 1.82) is 0 Å². The van der Waals surface area contributed by atoms with Gasteiger partial charge in [0.15, 0.2) is 5.82 Å². The van der Waals surface area contributed by atoms with Crippen LogP contribution in [-0.4, -0.2) is 44.6 Å². The first kappa shape index (κ1) is 16.5. The van der Waals surface area contributed by atoms with E-state index in [1.807, 2.05) is 6.26 Å². The van der Waals surface area contributed by atoms with Crippen molar-refractivity contribution in [1.82, 2.24) is 20.2 Å². The molecule has 0 aliphatic heterocycles. The predicted octanol–water partition coefficient (Wildman–Crippen LogP) is 1.44. The van der Waals surface area contributed by atoms with Crippen molar-refractivity contribution in [3.8, 4) is 0 Å². The second-order valence-electron chi connectivity index (χ2n) is 5.20. The van der Waals surface area contributed by atoms with E-state index in [4.69, 9.17) is 5.84 Å². The number of carbonyl (C=O) groups is 1. The van der Waals surface area contributed by atoms with Crippen molar-refractivity contribution in [3.05, 3.63) is 5.82 Å². The Hall–Kier alpha value is -0.890. The van der Waals surface area contributed by atoms with Gasteiger partial charge in [-0.2, -0.15) is 11.8 Å². The van der Waals surface area contributed by atoms with Gasteiger partial charge in [0.25, 0.3) is 0 Å². The molecule has 0 radical (unpaired) electrons. The molecular weight excluding hydrogens is 306 g/mol. The first-order valence-electron chi connectivity index (χ1n) is 7.31. The summed E-state index contributed by atoms with van der Waals surface area (Å²) in [6.07, 6.45) is 8.75. The molecule has 1 heterocycles. The minimum Gasteiger partial charge on any atom is -0.353 e. The molecule has 1 fully saturated rings. The fourth-order valence-electron chi connectivity index (χ4n) is 2.42. The van der Waals surface area contributed by atoms with Crippen LogP contribution in [0.5, 0.6) is 0 Å². The third-order valence-electron chi connectivity index (χ3n) is 3.57. The number of nitrogens with two attached hydrogens (primary N) is 1. The van der Waals surface area contributed by atoms with E-state index in [0.717, 1.165) is 30.8 Å². The van der Waals surface area contributed by atoms with E-state index < -0.39 is 0 Å². The summed E-state index contributed by atoms with van der Waals surface area (Å²) >= 11 is 3.09.